The van der Waals surface area contributed by atoms with Crippen LogP contribution in [0.5, 0.6) is 11.5 Å². The number of halogens is 2. The fourth-order valence-corrected chi connectivity index (χ4v) is 4.69. The third kappa shape index (κ3) is 4.15. The lowest BCUT2D eigenvalue weighted by Crippen LogP contribution is -2.29. The van der Waals surface area contributed by atoms with Gasteiger partial charge in [0.15, 0.2) is 16.9 Å². The van der Waals surface area contributed by atoms with Crippen molar-refractivity contribution in [2.45, 2.75) is 25.8 Å². The molecular weight excluding hydrogens is 529 g/mol. The maximum atomic E-state index is 14.0. The molecule has 0 saturated carbocycles. The van der Waals surface area contributed by atoms with Crippen molar-refractivity contribution >= 4 is 38.5 Å². The molecule has 8 heteroatoms. The molecule has 1 atom stereocenters. The van der Waals surface area contributed by atoms with Crippen LogP contribution in [0.1, 0.15) is 47.5 Å². The van der Waals surface area contributed by atoms with Crippen LogP contribution in [0, 0.1) is 5.82 Å². The molecule has 0 aliphatic carbocycles. The Balaban J connectivity index is 1.71. The van der Waals surface area contributed by atoms with Crippen molar-refractivity contribution in [2.24, 2.45) is 0 Å². The van der Waals surface area contributed by atoms with Crippen LogP contribution in [0.15, 0.2) is 74.3 Å². The first-order chi connectivity index (χ1) is 17.4. The van der Waals surface area contributed by atoms with Crippen LogP contribution in [-0.2, 0) is 0 Å². The van der Waals surface area contributed by atoms with E-state index in [4.69, 9.17) is 13.9 Å². The molecule has 1 amide bonds. The molecule has 1 aliphatic heterocycles. The van der Waals surface area contributed by atoms with Gasteiger partial charge < -0.3 is 13.9 Å². The minimum Gasteiger partial charge on any atom is -0.493 e. The zero-order chi connectivity index (χ0) is 25.4. The van der Waals surface area contributed by atoms with E-state index < -0.39 is 23.2 Å². The number of carbonyl (C=O) groups excluding carboxylic acids is 1. The van der Waals surface area contributed by atoms with E-state index in [-0.39, 0.29) is 22.3 Å². The Kier molecular flexibility index (Phi) is 6.53. The molecule has 1 aromatic heterocycles. The number of methoxy groups -OCH3 is 1. The third-order valence-electron chi connectivity index (χ3n) is 6.20. The first-order valence-electron chi connectivity index (χ1n) is 11.6. The minimum atomic E-state index is -0.809. The van der Waals surface area contributed by atoms with E-state index in [1.807, 2.05) is 12.1 Å². The van der Waals surface area contributed by atoms with Gasteiger partial charge in [-0.15, -0.1) is 0 Å². The second-order valence-electron chi connectivity index (χ2n) is 8.48. The number of anilines is 1. The summed E-state index contributed by atoms with van der Waals surface area (Å²) >= 11 is 3.42. The number of carbonyl (C=O) groups is 1. The lowest BCUT2D eigenvalue weighted by Gasteiger charge is -2.26. The van der Waals surface area contributed by atoms with Gasteiger partial charge in [0.1, 0.15) is 11.4 Å². The summed E-state index contributed by atoms with van der Waals surface area (Å²) < 4.78 is 32.2. The van der Waals surface area contributed by atoms with Gasteiger partial charge in [0.05, 0.1) is 30.7 Å². The number of benzene rings is 3. The summed E-state index contributed by atoms with van der Waals surface area (Å²) in [5.74, 6) is -0.0219. The van der Waals surface area contributed by atoms with E-state index in [2.05, 4.69) is 22.9 Å². The van der Waals surface area contributed by atoms with E-state index in [9.17, 15) is 14.0 Å². The first-order valence-corrected chi connectivity index (χ1v) is 12.4. The molecule has 0 spiro atoms. The second-order valence-corrected chi connectivity index (χ2v) is 9.40. The fourth-order valence-electron chi connectivity index (χ4n) is 4.43. The van der Waals surface area contributed by atoms with Gasteiger partial charge in [0.25, 0.3) is 5.91 Å². The summed E-state index contributed by atoms with van der Waals surface area (Å²) in [6.45, 7) is 2.62. The Morgan fingerprint density at radius 3 is 2.53 bits per heavy atom. The van der Waals surface area contributed by atoms with Crippen molar-refractivity contribution in [1.29, 1.82) is 0 Å². The highest BCUT2D eigenvalue weighted by atomic mass is 79.9. The largest absolute Gasteiger partial charge is 0.493 e. The van der Waals surface area contributed by atoms with Crippen LogP contribution >= 0.6 is 15.9 Å². The first kappa shape index (κ1) is 24.1. The number of ether oxygens (including phenoxy) is 2. The van der Waals surface area contributed by atoms with Gasteiger partial charge in [-0.1, -0.05) is 35.3 Å². The zero-order valence-electron chi connectivity index (χ0n) is 19.7. The van der Waals surface area contributed by atoms with Crippen LogP contribution in [0.2, 0.25) is 0 Å². The monoisotopic (exact) mass is 551 g/mol. The quantitative estimate of drug-likeness (QED) is 0.241. The Hall–Kier alpha value is -3.65. The van der Waals surface area contributed by atoms with E-state index in [1.54, 1.807) is 30.3 Å². The van der Waals surface area contributed by atoms with E-state index in [0.29, 0.717) is 29.4 Å². The highest BCUT2D eigenvalue weighted by molar-refractivity contribution is 9.10. The van der Waals surface area contributed by atoms with Gasteiger partial charge in [-0.05, 0) is 66.6 Å². The molecule has 0 saturated heterocycles. The predicted octanol–water partition coefficient (Wildman–Crippen LogP) is 6.63. The topological polar surface area (TPSA) is 69.0 Å². The van der Waals surface area contributed by atoms with Crippen molar-refractivity contribution in [3.63, 3.8) is 0 Å². The van der Waals surface area contributed by atoms with E-state index in [0.717, 1.165) is 23.4 Å². The van der Waals surface area contributed by atoms with Gasteiger partial charge >= 0.3 is 0 Å². The van der Waals surface area contributed by atoms with Gasteiger partial charge in [-0.25, -0.2) is 4.39 Å². The predicted molar refractivity (Wildman–Crippen MR) is 139 cm³/mol. The van der Waals surface area contributed by atoms with Gasteiger partial charge in [-0.3, -0.25) is 14.5 Å². The fraction of sp³-hybridized carbons (Fsp3) is 0.214. The van der Waals surface area contributed by atoms with Crippen LogP contribution < -0.4 is 19.8 Å². The Morgan fingerprint density at radius 1 is 1.03 bits per heavy atom. The average Bonchev–Trinajstić information content (AvgIpc) is 3.17. The molecule has 3 aromatic carbocycles. The van der Waals surface area contributed by atoms with Gasteiger partial charge in [0.2, 0.25) is 5.76 Å². The number of rotatable bonds is 7. The molecule has 5 rings (SSSR count). The van der Waals surface area contributed by atoms with Crippen LogP contribution in [0.3, 0.4) is 0 Å². The van der Waals surface area contributed by atoms with Crippen LogP contribution in [-0.4, -0.2) is 19.6 Å². The summed E-state index contributed by atoms with van der Waals surface area (Å²) in [4.78, 5) is 28.9. The third-order valence-corrected chi connectivity index (χ3v) is 6.72. The molecule has 0 radical (unpaired) electrons. The molecule has 1 aliphatic rings. The molecule has 0 bridgehead atoms. The number of unbranched alkanes of at least 4 members (excludes halogenated alkanes) is 1. The summed E-state index contributed by atoms with van der Waals surface area (Å²) in [6, 6.07) is 15.4. The maximum Gasteiger partial charge on any atom is 0.295 e. The van der Waals surface area contributed by atoms with Crippen molar-refractivity contribution in [3.8, 4) is 11.5 Å². The van der Waals surface area contributed by atoms with E-state index >= 15 is 0 Å². The molecule has 0 fully saturated rings. The van der Waals surface area contributed by atoms with E-state index in [1.165, 1.54) is 24.1 Å². The van der Waals surface area contributed by atoms with Gasteiger partial charge in [0, 0.05) is 10.2 Å². The summed E-state index contributed by atoms with van der Waals surface area (Å²) in [6.07, 6.45) is 1.89. The summed E-state index contributed by atoms with van der Waals surface area (Å²) in [7, 11) is 1.54. The Bertz CT molecular complexity index is 1520. The highest BCUT2D eigenvalue weighted by Crippen LogP contribution is 2.43. The molecule has 2 heterocycles. The van der Waals surface area contributed by atoms with Gasteiger partial charge in [-0.2, -0.15) is 0 Å². The molecule has 4 aromatic rings. The highest BCUT2D eigenvalue weighted by Gasteiger charge is 2.44. The average molecular weight is 552 g/mol. The normalized spacial score (nSPS) is 14.8. The number of nitrogens with zero attached hydrogens (tertiary/aromatic N) is 1. The summed E-state index contributed by atoms with van der Waals surface area (Å²) in [5, 5.41) is 0.0793. The molecular formula is C28H23BrFNO5. The second kappa shape index (κ2) is 9.78. The lowest BCUT2D eigenvalue weighted by molar-refractivity contribution is 0.0971. The van der Waals surface area contributed by atoms with Crippen molar-refractivity contribution in [1.82, 2.24) is 0 Å². The van der Waals surface area contributed by atoms with Crippen LogP contribution in [0.25, 0.3) is 11.0 Å². The molecule has 36 heavy (non-hydrogen) atoms. The van der Waals surface area contributed by atoms with Crippen molar-refractivity contribution in [2.75, 3.05) is 18.6 Å². The SMILES string of the molecule is CCCCOc1ccc(C2c3c(oc4ccc(F)cc4c3=O)C(=O)N2c2ccc(Br)cc2)cc1OC. The zero-order valence-corrected chi connectivity index (χ0v) is 21.3. The number of hydrogen-bond acceptors (Lipinski definition) is 5. The molecule has 1 unspecified atom stereocenters. The van der Waals surface area contributed by atoms with Crippen molar-refractivity contribution < 1.29 is 23.1 Å². The molecule has 184 valence electrons. The molecule has 0 N–H and O–H groups in total. The number of hydrogen-bond donors (Lipinski definition) is 0. The lowest BCUT2D eigenvalue weighted by atomic mass is 9.97. The summed E-state index contributed by atoms with van der Waals surface area (Å²) in [5.41, 5.74) is 1.07. The minimum absolute atomic E-state index is 0.0609. The number of amides is 1. The standard InChI is InChI=1S/C28H23BrFNO5/c1-3-4-13-35-22-11-5-16(14-23(22)34-2)25-24-26(32)20-15-18(30)8-12-21(20)36-27(24)28(33)31(25)19-9-6-17(29)7-10-19/h5-12,14-15,25H,3-4,13H2,1-2H3. The maximum absolute atomic E-state index is 14.0. The smallest absolute Gasteiger partial charge is 0.295 e. The Labute approximate surface area is 215 Å². The number of fused-ring (bicyclic) bond motifs is 2. The van der Waals surface area contributed by atoms with Crippen molar-refractivity contribution in [3.05, 3.63) is 98.1 Å². The molecule has 6 nitrogen and oxygen atoms in total. The van der Waals surface area contributed by atoms with Crippen LogP contribution in [0.4, 0.5) is 10.1 Å². The Morgan fingerprint density at radius 2 is 1.81 bits per heavy atom.